The lowest BCUT2D eigenvalue weighted by Crippen LogP contribution is -1.91. The number of rotatable bonds is 5. The summed E-state index contributed by atoms with van der Waals surface area (Å²) < 4.78 is 5.08. The molecular formula is C10H12O3S. The van der Waals surface area contributed by atoms with Gasteiger partial charge < -0.3 is 9.52 Å². The molecule has 0 unspecified atom stereocenters. The lowest BCUT2D eigenvalue weighted by molar-refractivity contribution is 0.0661. The van der Waals surface area contributed by atoms with Crippen LogP contribution in [0.2, 0.25) is 0 Å². The zero-order chi connectivity index (χ0) is 10.4. The Kier molecular flexibility index (Phi) is 4.32. The van der Waals surface area contributed by atoms with Gasteiger partial charge in [-0.15, -0.1) is 11.8 Å². The van der Waals surface area contributed by atoms with E-state index in [1.54, 1.807) is 17.8 Å². The fourth-order valence-corrected chi connectivity index (χ4v) is 1.70. The minimum absolute atomic E-state index is 0.00614. The van der Waals surface area contributed by atoms with E-state index in [1.807, 2.05) is 19.1 Å². The quantitative estimate of drug-likeness (QED) is 0.602. The summed E-state index contributed by atoms with van der Waals surface area (Å²) in [5.74, 6) is 1.32. The number of carbonyl (C=O) groups is 1. The highest BCUT2D eigenvalue weighted by atomic mass is 32.2. The second kappa shape index (κ2) is 5.54. The van der Waals surface area contributed by atoms with Crippen molar-refractivity contribution in [2.45, 2.75) is 12.7 Å². The van der Waals surface area contributed by atoms with E-state index in [9.17, 15) is 4.79 Å². The average Bonchev–Trinajstić information content (AvgIpc) is 2.61. The van der Waals surface area contributed by atoms with Crippen molar-refractivity contribution >= 4 is 17.7 Å². The molecule has 3 nitrogen and oxygen atoms in total. The topological polar surface area (TPSA) is 50.4 Å². The zero-order valence-corrected chi connectivity index (χ0v) is 8.71. The number of furan rings is 1. The Hall–Kier alpha value is -1.16. The molecule has 0 fully saturated rings. The highest BCUT2D eigenvalue weighted by Gasteiger charge is 2.07. The van der Waals surface area contributed by atoms with Crippen LogP contribution in [0.3, 0.4) is 0 Å². The van der Waals surface area contributed by atoms with Gasteiger partial charge in [0, 0.05) is 5.75 Å². The van der Waals surface area contributed by atoms with E-state index in [0.29, 0.717) is 11.5 Å². The number of hydrogen-bond donors (Lipinski definition) is 1. The fraction of sp³-hybridized carbons (Fsp3) is 0.300. The predicted octanol–water partition coefficient (Wildman–Crippen LogP) is 2.79. The maximum absolute atomic E-state index is 10.5. The highest BCUT2D eigenvalue weighted by Crippen LogP contribution is 2.15. The summed E-state index contributed by atoms with van der Waals surface area (Å²) in [6.07, 6.45) is 4.03. The van der Waals surface area contributed by atoms with Crippen molar-refractivity contribution in [2.24, 2.45) is 0 Å². The smallest absolute Gasteiger partial charge is 0.371 e. The summed E-state index contributed by atoms with van der Waals surface area (Å²) in [6, 6.07) is 3.18. The molecule has 0 aromatic carbocycles. The van der Waals surface area contributed by atoms with Crippen LogP contribution in [0, 0.1) is 0 Å². The molecule has 1 heterocycles. The van der Waals surface area contributed by atoms with E-state index in [-0.39, 0.29) is 5.76 Å². The molecule has 1 aromatic heterocycles. The van der Waals surface area contributed by atoms with Gasteiger partial charge in [-0.05, 0) is 19.1 Å². The van der Waals surface area contributed by atoms with Gasteiger partial charge in [0.1, 0.15) is 5.76 Å². The Morgan fingerprint density at radius 3 is 3.00 bits per heavy atom. The largest absolute Gasteiger partial charge is 0.475 e. The lowest BCUT2D eigenvalue weighted by atomic mass is 10.4. The monoisotopic (exact) mass is 212 g/mol. The first kappa shape index (κ1) is 10.9. The van der Waals surface area contributed by atoms with Crippen molar-refractivity contribution in [2.75, 3.05) is 5.75 Å². The maximum Gasteiger partial charge on any atom is 0.371 e. The molecule has 0 atom stereocenters. The fourth-order valence-electron chi connectivity index (χ4n) is 0.894. The Balaban J connectivity index is 2.40. The van der Waals surface area contributed by atoms with Crippen LogP contribution in [0.25, 0.3) is 0 Å². The summed E-state index contributed by atoms with van der Waals surface area (Å²) >= 11 is 1.68. The average molecular weight is 212 g/mol. The summed E-state index contributed by atoms with van der Waals surface area (Å²) in [5.41, 5.74) is 0. The Morgan fingerprint density at radius 1 is 1.64 bits per heavy atom. The van der Waals surface area contributed by atoms with E-state index in [0.717, 1.165) is 5.75 Å². The van der Waals surface area contributed by atoms with Crippen LogP contribution < -0.4 is 0 Å². The van der Waals surface area contributed by atoms with Crippen molar-refractivity contribution in [1.29, 1.82) is 0 Å². The van der Waals surface area contributed by atoms with E-state index in [4.69, 9.17) is 9.52 Å². The summed E-state index contributed by atoms with van der Waals surface area (Å²) in [4.78, 5) is 10.5. The highest BCUT2D eigenvalue weighted by molar-refractivity contribution is 7.98. The summed E-state index contributed by atoms with van der Waals surface area (Å²) in [5, 5.41) is 8.60. The van der Waals surface area contributed by atoms with Crippen LogP contribution in [0.15, 0.2) is 28.7 Å². The first-order chi connectivity index (χ1) is 6.74. The van der Waals surface area contributed by atoms with E-state index in [2.05, 4.69) is 0 Å². The van der Waals surface area contributed by atoms with Gasteiger partial charge in [0.15, 0.2) is 0 Å². The molecule has 0 spiro atoms. The number of carboxylic acid groups (broad SMARTS) is 1. The van der Waals surface area contributed by atoms with Gasteiger partial charge in [0.2, 0.25) is 5.76 Å². The van der Waals surface area contributed by atoms with Gasteiger partial charge in [-0.2, -0.15) is 0 Å². The van der Waals surface area contributed by atoms with E-state index < -0.39 is 5.97 Å². The van der Waals surface area contributed by atoms with E-state index >= 15 is 0 Å². The predicted molar refractivity (Wildman–Crippen MR) is 56.6 cm³/mol. The second-order valence-corrected chi connectivity index (χ2v) is 3.69. The lowest BCUT2D eigenvalue weighted by Gasteiger charge is -1.93. The Labute approximate surface area is 86.8 Å². The molecule has 1 N–H and O–H groups in total. The number of allylic oxidation sites excluding steroid dienone is 1. The van der Waals surface area contributed by atoms with Gasteiger partial charge in [-0.1, -0.05) is 12.2 Å². The molecule has 4 heteroatoms. The number of thioether (sulfide) groups is 1. The van der Waals surface area contributed by atoms with Crippen molar-refractivity contribution < 1.29 is 14.3 Å². The van der Waals surface area contributed by atoms with Gasteiger partial charge in [0.05, 0.1) is 5.75 Å². The molecule has 0 aliphatic rings. The molecule has 0 radical (unpaired) electrons. The van der Waals surface area contributed by atoms with Gasteiger partial charge in [-0.25, -0.2) is 4.79 Å². The Morgan fingerprint density at radius 2 is 2.43 bits per heavy atom. The van der Waals surface area contributed by atoms with Gasteiger partial charge in [-0.3, -0.25) is 0 Å². The molecule has 0 saturated carbocycles. The minimum Gasteiger partial charge on any atom is -0.475 e. The molecule has 0 amide bonds. The normalized spacial score (nSPS) is 10.9. The van der Waals surface area contributed by atoms with Crippen LogP contribution in [0.4, 0.5) is 0 Å². The first-order valence-corrected chi connectivity index (χ1v) is 5.40. The van der Waals surface area contributed by atoms with Crippen molar-refractivity contribution in [3.8, 4) is 0 Å². The first-order valence-electron chi connectivity index (χ1n) is 4.25. The third-order valence-electron chi connectivity index (χ3n) is 1.57. The number of hydrogen-bond acceptors (Lipinski definition) is 3. The summed E-state index contributed by atoms with van der Waals surface area (Å²) in [7, 11) is 0. The molecule has 0 bridgehead atoms. The van der Waals surface area contributed by atoms with Gasteiger partial charge >= 0.3 is 5.97 Å². The molecular weight excluding hydrogens is 200 g/mol. The molecule has 0 aliphatic carbocycles. The van der Waals surface area contributed by atoms with Crippen LogP contribution in [0.1, 0.15) is 23.2 Å². The third-order valence-corrected chi connectivity index (χ3v) is 2.48. The van der Waals surface area contributed by atoms with Crippen molar-refractivity contribution in [3.63, 3.8) is 0 Å². The number of carboxylic acids is 1. The molecule has 1 aromatic rings. The van der Waals surface area contributed by atoms with Crippen LogP contribution in [0.5, 0.6) is 0 Å². The maximum atomic E-state index is 10.5. The minimum atomic E-state index is -1.02. The molecule has 76 valence electrons. The SMILES string of the molecule is C/C=C/CSCc1ccc(C(=O)O)o1. The third kappa shape index (κ3) is 3.30. The molecule has 0 aliphatic heterocycles. The van der Waals surface area contributed by atoms with E-state index in [1.165, 1.54) is 6.07 Å². The molecule has 0 saturated heterocycles. The molecule has 14 heavy (non-hydrogen) atoms. The van der Waals surface area contributed by atoms with Crippen LogP contribution in [-0.2, 0) is 5.75 Å². The van der Waals surface area contributed by atoms with Crippen LogP contribution >= 0.6 is 11.8 Å². The standard InChI is InChI=1S/C10H12O3S/c1-2-3-6-14-7-8-4-5-9(13-8)10(11)12/h2-5H,6-7H2,1H3,(H,11,12)/b3-2+. The zero-order valence-electron chi connectivity index (χ0n) is 7.90. The molecule has 1 rings (SSSR count). The summed E-state index contributed by atoms with van der Waals surface area (Å²) in [6.45, 7) is 1.97. The van der Waals surface area contributed by atoms with Crippen molar-refractivity contribution in [3.05, 3.63) is 35.8 Å². The van der Waals surface area contributed by atoms with Crippen molar-refractivity contribution in [1.82, 2.24) is 0 Å². The Bertz CT molecular complexity index is 328. The number of aromatic carboxylic acids is 1. The van der Waals surface area contributed by atoms with Gasteiger partial charge in [0.25, 0.3) is 0 Å². The van der Waals surface area contributed by atoms with Crippen LogP contribution in [-0.4, -0.2) is 16.8 Å². The second-order valence-electron chi connectivity index (χ2n) is 2.66.